The van der Waals surface area contributed by atoms with Crippen LogP contribution in [0.25, 0.3) is 21.9 Å². The number of hydrogen-bond donors (Lipinski definition) is 1. The molecule has 0 unspecified atom stereocenters. The highest BCUT2D eigenvalue weighted by Gasteiger charge is 2.21. The summed E-state index contributed by atoms with van der Waals surface area (Å²) in [5.74, 6) is 0. The van der Waals surface area contributed by atoms with E-state index in [1.807, 2.05) is 13.8 Å². The lowest BCUT2D eigenvalue weighted by Crippen LogP contribution is -2.20. The molecule has 0 fully saturated rings. The molecule has 4 rings (SSSR count). The standard InChI is InChI=1S/C21H16O5/c1-11-3-5-13-17(7-11)25-9-15(19(13)22)21(24)16-10-26-18-8-12(2)4-6-14(18)20(16)23/h3-10,21,24H,1-2H3. The highest BCUT2D eigenvalue weighted by molar-refractivity contribution is 5.79. The summed E-state index contributed by atoms with van der Waals surface area (Å²) in [4.78, 5) is 25.4. The summed E-state index contributed by atoms with van der Waals surface area (Å²) in [5.41, 5.74) is 2.04. The smallest absolute Gasteiger partial charge is 0.198 e. The molecule has 5 heteroatoms. The van der Waals surface area contributed by atoms with Gasteiger partial charge in [0.2, 0.25) is 0 Å². The lowest BCUT2D eigenvalue weighted by atomic mass is 10.0. The molecule has 0 saturated heterocycles. The fourth-order valence-corrected chi connectivity index (χ4v) is 3.05. The van der Waals surface area contributed by atoms with Gasteiger partial charge in [-0.15, -0.1) is 0 Å². The predicted octanol–water partition coefficient (Wildman–Crippen LogP) is 3.60. The average molecular weight is 348 g/mol. The van der Waals surface area contributed by atoms with Crippen LogP contribution in [-0.2, 0) is 0 Å². The molecule has 0 saturated carbocycles. The van der Waals surface area contributed by atoms with Gasteiger partial charge in [0.05, 0.1) is 21.9 Å². The molecule has 0 atom stereocenters. The van der Waals surface area contributed by atoms with Gasteiger partial charge >= 0.3 is 0 Å². The molecule has 2 aromatic heterocycles. The number of aryl methyl sites for hydroxylation is 2. The quantitative estimate of drug-likeness (QED) is 0.599. The van der Waals surface area contributed by atoms with Gasteiger partial charge in [-0.3, -0.25) is 9.59 Å². The Hall–Kier alpha value is -3.18. The van der Waals surface area contributed by atoms with E-state index < -0.39 is 6.10 Å². The first-order valence-corrected chi connectivity index (χ1v) is 8.18. The van der Waals surface area contributed by atoms with E-state index >= 15 is 0 Å². The first-order chi connectivity index (χ1) is 12.5. The van der Waals surface area contributed by atoms with Gasteiger partial charge in [0.15, 0.2) is 10.9 Å². The average Bonchev–Trinajstić information content (AvgIpc) is 2.61. The second-order valence-electron chi connectivity index (χ2n) is 6.44. The molecule has 26 heavy (non-hydrogen) atoms. The zero-order chi connectivity index (χ0) is 18.4. The van der Waals surface area contributed by atoms with Crippen LogP contribution >= 0.6 is 0 Å². The Balaban J connectivity index is 1.89. The lowest BCUT2D eigenvalue weighted by Gasteiger charge is -2.11. The second kappa shape index (κ2) is 5.97. The molecule has 0 spiro atoms. The number of rotatable bonds is 2. The molecule has 0 radical (unpaired) electrons. The van der Waals surface area contributed by atoms with Gasteiger partial charge in [0.25, 0.3) is 0 Å². The predicted molar refractivity (Wildman–Crippen MR) is 98.5 cm³/mol. The van der Waals surface area contributed by atoms with Crippen LogP contribution in [0.5, 0.6) is 0 Å². The third-order valence-corrected chi connectivity index (χ3v) is 4.50. The SMILES string of the molecule is Cc1ccc2c(=O)c(C(O)c3coc4cc(C)ccc4c3=O)coc2c1. The van der Waals surface area contributed by atoms with Crippen molar-refractivity contribution in [3.8, 4) is 0 Å². The lowest BCUT2D eigenvalue weighted by molar-refractivity contribution is 0.213. The van der Waals surface area contributed by atoms with Crippen LogP contribution in [0.4, 0.5) is 0 Å². The molecular weight excluding hydrogens is 332 g/mol. The Morgan fingerprint density at radius 2 is 1.19 bits per heavy atom. The van der Waals surface area contributed by atoms with Crippen LogP contribution in [0.1, 0.15) is 28.4 Å². The van der Waals surface area contributed by atoms with Crippen molar-refractivity contribution in [1.29, 1.82) is 0 Å². The van der Waals surface area contributed by atoms with Crippen LogP contribution in [0.2, 0.25) is 0 Å². The van der Waals surface area contributed by atoms with Crippen LogP contribution < -0.4 is 10.9 Å². The van der Waals surface area contributed by atoms with Gasteiger partial charge in [0.1, 0.15) is 29.8 Å². The molecule has 1 N–H and O–H groups in total. The van der Waals surface area contributed by atoms with E-state index in [4.69, 9.17) is 8.83 Å². The first kappa shape index (κ1) is 16.3. The van der Waals surface area contributed by atoms with Crippen LogP contribution in [0, 0.1) is 13.8 Å². The summed E-state index contributed by atoms with van der Waals surface area (Å²) in [6.45, 7) is 3.79. The van der Waals surface area contributed by atoms with Crippen molar-refractivity contribution in [1.82, 2.24) is 0 Å². The second-order valence-corrected chi connectivity index (χ2v) is 6.44. The van der Waals surface area contributed by atoms with Crippen molar-refractivity contribution < 1.29 is 13.9 Å². The third kappa shape index (κ3) is 2.53. The monoisotopic (exact) mass is 348 g/mol. The first-order valence-electron chi connectivity index (χ1n) is 8.18. The largest absolute Gasteiger partial charge is 0.464 e. The van der Waals surface area contributed by atoms with E-state index in [1.54, 1.807) is 36.4 Å². The zero-order valence-electron chi connectivity index (χ0n) is 14.3. The molecule has 5 nitrogen and oxygen atoms in total. The molecule has 2 aromatic carbocycles. The van der Waals surface area contributed by atoms with Crippen LogP contribution in [0.15, 0.2) is 67.3 Å². The van der Waals surface area contributed by atoms with E-state index in [0.29, 0.717) is 21.9 Å². The highest BCUT2D eigenvalue weighted by atomic mass is 16.3. The number of benzene rings is 2. The number of aliphatic hydroxyl groups is 1. The van der Waals surface area contributed by atoms with E-state index in [-0.39, 0.29) is 22.0 Å². The summed E-state index contributed by atoms with van der Waals surface area (Å²) < 4.78 is 11.0. The number of aliphatic hydroxyl groups excluding tert-OH is 1. The summed E-state index contributed by atoms with van der Waals surface area (Å²) in [7, 11) is 0. The third-order valence-electron chi connectivity index (χ3n) is 4.50. The van der Waals surface area contributed by atoms with Gasteiger partial charge in [-0.1, -0.05) is 12.1 Å². The summed E-state index contributed by atoms with van der Waals surface area (Å²) >= 11 is 0. The van der Waals surface area contributed by atoms with Gasteiger partial charge < -0.3 is 13.9 Å². The van der Waals surface area contributed by atoms with Gasteiger partial charge in [-0.2, -0.15) is 0 Å². The normalized spacial score (nSPS) is 11.5. The Kier molecular flexibility index (Phi) is 3.74. The summed E-state index contributed by atoms with van der Waals surface area (Å²) in [5, 5.41) is 11.4. The molecule has 0 bridgehead atoms. The number of hydrogen-bond acceptors (Lipinski definition) is 5. The molecule has 2 heterocycles. The van der Waals surface area contributed by atoms with Crippen molar-refractivity contribution in [2.45, 2.75) is 20.0 Å². The van der Waals surface area contributed by atoms with Crippen molar-refractivity contribution in [2.24, 2.45) is 0 Å². The fourth-order valence-electron chi connectivity index (χ4n) is 3.05. The Morgan fingerprint density at radius 3 is 1.62 bits per heavy atom. The van der Waals surface area contributed by atoms with Crippen molar-refractivity contribution in [3.63, 3.8) is 0 Å². The van der Waals surface area contributed by atoms with Gasteiger partial charge in [0, 0.05) is 0 Å². The van der Waals surface area contributed by atoms with Crippen LogP contribution in [0.3, 0.4) is 0 Å². The molecule has 0 amide bonds. The minimum absolute atomic E-state index is 0.000106. The molecule has 130 valence electrons. The van der Waals surface area contributed by atoms with Gasteiger partial charge in [-0.05, 0) is 49.2 Å². The van der Waals surface area contributed by atoms with E-state index in [1.165, 1.54) is 12.5 Å². The topological polar surface area (TPSA) is 80.6 Å². The Morgan fingerprint density at radius 1 is 0.769 bits per heavy atom. The minimum Gasteiger partial charge on any atom is -0.464 e. The highest BCUT2D eigenvalue weighted by Crippen LogP contribution is 2.23. The van der Waals surface area contributed by atoms with Crippen molar-refractivity contribution >= 4 is 21.9 Å². The maximum Gasteiger partial charge on any atom is 0.198 e. The van der Waals surface area contributed by atoms with Crippen molar-refractivity contribution in [2.75, 3.05) is 0 Å². The van der Waals surface area contributed by atoms with Crippen LogP contribution in [-0.4, -0.2) is 5.11 Å². The molecule has 0 aliphatic heterocycles. The van der Waals surface area contributed by atoms with E-state index in [2.05, 4.69) is 0 Å². The molecule has 4 aromatic rings. The zero-order valence-corrected chi connectivity index (χ0v) is 14.3. The van der Waals surface area contributed by atoms with Gasteiger partial charge in [-0.25, -0.2) is 0 Å². The summed E-state index contributed by atoms with van der Waals surface area (Å²) in [6.07, 6.45) is 0.972. The fraction of sp³-hybridized carbons (Fsp3) is 0.143. The maximum atomic E-state index is 12.7. The molecular formula is C21H16O5. The van der Waals surface area contributed by atoms with E-state index in [9.17, 15) is 14.7 Å². The Labute approximate surface area is 148 Å². The maximum absolute atomic E-state index is 12.7. The molecule has 0 aliphatic carbocycles. The number of fused-ring (bicyclic) bond motifs is 2. The molecule has 0 aliphatic rings. The van der Waals surface area contributed by atoms with E-state index in [0.717, 1.165) is 11.1 Å². The van der Waals surface area contributed by atoms with Crippen molar-refractivity contribution in [3.05, 3.63) is 91.6 Å². The minimum atomic E-state index is -1.43. The Bertz CT molecular complexity index is 1160. The summed E-state index contributed by atoms with van der Waals surface area (Å²) in [6, 6.07) is 10.4.